The highest BCUT2D eigenvalue weighted by molar-refractivity contribution is 7.95. The van der Waals surface area contributed by atoms with Gasteiger partial charge in [0.2, 0.25) is 0 Å². The van der Waals surface area contributed by atoms with Crippen LogP contribution in [0.4, 0.5) is 5.69 Å². The van der Waals surface area contributed by atoms with Crippen molar-refractivity contribution in [1.82, 2.24) is 9.55 Å². The number of nitrogens with zero attached hydrogens (tertiary/aromatic N) is 1. The highest BCUT2D eigenvalue weighted by atomic mass is 35.5. The molecular weight excluding hydrogens is 444 g/mol. The Morgan fingerprint density at radius 3 is 2.53 bits per heavy atom. The minimum absolute atomic E-state index is 0.105. The Hall–Kier alpha value is -2.25. The summed E-state index contributed by atoms with van der Waals surface area (Å²) in [6, 6.07) is 7.69. The molecule has 3 N–H and O–H groups in total. The van der Waals surface area contributed by atoms with Gasteiger partial charge >= 0.3 is 0 Å². The van der Waals surface area contributed by atoms with Gasteiger partial charge in [-0.25, -0.2) is 8.99 Å². The molecule has 3 aromatic rings. The minimum atomic E-state index is -3.26. The van der Waals surface area contributed by atoms with Crippen molar-refractivity contribution in [3.05, 3.63) is 47.0 Å². The Kier molecular flexibility index (Phi) is 5.92. The number of aromatic nitrogens is 2. The molecule has 0 bridgehead atoms. The molecule has 32 heavy (non-hydrogen) atoms. The van der Waals surface area contributed by atoms with Gasteiger partial charge in [0.15, 0.2) is 0 Å². The van der Waals surface area contributed by atoms with E-state index in [1.807, 2.05) is 18.3 Å². The van der Waals surface area contributed by atoms with Crippen molar-refractivity contribution in [2.75, 3.05) is 5.32 Å². The fourth-order valence-electron chi connectivity index (χ4n) is 4.44. The van der Waals surface area contributed by atoms with E-state index in [2.05, 4.69) is 17.2 Å². The van der Waals surface area contributed by atoms with Crippen LogP contribution in [0.5, 0.6) is 0 Å². The lowest BCUT2D eigenvalue weighted by Crippen LogP contribution is -2.26. The summed E-state index contributed by atoms with van der Waals surface area (Å²) in [5, 5.41) is 4.49. The van der Waals surface area contributed by atoms with Gasteiger partial charge in [0, 0.05) is 52.6 Å². The van der Waals surface area contributed by atoms with E-state index >= 15 is 0 Å². The molecule has 0 aliphatic heterocycles. The average molecular weight is 475 g/mol. The molecule has 6 nitrogen and oxygen atoms in total. The number of H-pyrrole nitrogens is 1. The summed E-state index contributed by atoms with van der Waals surface area (Å²) >= 11 is 6.36. The molecule has 1 aliphatic carbocycles. The van der Waals surface area contributed by atoms with E-state index in [1.54, 1.807) is 43.8 Å². The zero-order chi connectivity index (χ0) is 23.3. The molecule has 1 atom stereocenters. The first kappa shape index (κ1) is 22.9. The van der Waals surface area contributed by atoms with Crippen molar-refractivity contribution in [3.8, 4) is 11.1 Å². The molecule has 172 valence electrons. The first-order valence-electron chi connectivity index (χ1n) is 11.0. The number of nitrogens with one attached hydrogen (secondary N) is 3. The normalized spacial score (nSPS) is 21.4. The predicted octanol–water partition coefficient (Wildman–Crippen LogP) is 5.90. The van der Waals surface area contributed by atoms with Gasteiger partial charge in [-0.3, -0.25) is 4.79 Å². The van der Waals surface area contributed by atoms with Gasteiger partial charge in [0.25, 0.3) is 5.56 Å². The SMILES string of the molecule is CC1CCC(Nc2ccc(S(=N)(=O)C(C)(C)Cl)cc2-c2cn(C)c(=O)c3[nH]ccc23)CC1. The Morgan fingerprint density at radius 2 is 1.88 bits per heavy atom. The maximum absolute atomic E-state index is 13.3. The van der Waals surface area contributed by atoms with Crippen LogP contribution in [0.25, 0.3) is 22.0 Å². The number of rotatable bonds is 5. The molecule has 1 aromatic carbocycles. The molecule has 4 rings (SSSR count). The van der Waals surface area contributed by atoms with Crippen LogP contribution in [0.2, 0.25) is 0 Å². The second-order valence-corrected chi connectivity index (χ2v) is 13.2. The largest absolute Gasteiger partial charge is 0.382 e. The fourth-order valence-corrected chi connectivity index (χ4v) is 5.81. The number of aromatic amines is 1. The van der Waals surface area contributed by atoms with E-state index in [-0.39, 0.29) is 5.56 Å². The average Bonchev–Trinajstić information content (AvgIpc) is 3.22. The predicted molar refractivity (Wildman–Crippen MR) is 133 cm³/mol. The molecule has 8 heteroatoms. The third-order valence-electron chi connectivity index (χ3n) is 6.57. The number of hydrogen-bond acceptors (Lipinski definition) is 4. The van der Waals surface area contributed by atoms with Crippen molar-refractivity contribution >= 4 is 37.9 Å². The molecule has 1 saturated carbocycles. The maximum Gasteiger partial charge on any atom is 0.274 e. The van der Waals surface area contributed by atoms with Gasteiger partial charge < -0.3 is 14.9 Å². The molecule has 1 fully saturated rings. The zero-order valence-corrected chi connectivity index (χ0v) is 20.6. The van der Waals surface area contributed by atoms with Crippen molar-refractivity contribution < 1.29 is 4.21 Å². The zero-order valence-electron chi connectivity index (χ0n) is 19.0. The number of hydrogen-bond donors (Lipinski definition) is 3. The van der Waals surface area contributed by atoms with E-state index in [0.29, 0.717) is 16.5 Å². The molecule has 1 unspecified atom stereocenters. The molecule has 1 aliphatic rings. The van der Waals surface area contributed by atoms with E-state index in [0.717, 1.165) is 41.0 Å². The topological polar surface area (TPSA) is 90.7 Å². The number of aryl methyl sites for hydroxylation is 1. The summed E-state index contributed by atoms with van der Waals surface area (Å²) in [5.74, 6) is 0.747. The van der Waals surface area contributed by atoms with Crippen LogP contribution in [0, 0.1) is 10.7 Å². The van der Waals surface area contributed by atoms with Crippen LogP contribution in [-0.4, -0.2) is 24.0 Å². The number of benzene rings is 1. The molecular formula is C24H31ClN4O2S. The Bertz CT molecular complexity index is 1310. The lowest BCUT2D eigenvalue weighted by Gasteiger charge is -2.29. The summed E-state index contributed by atoms with van der Waals surface area (Å²) in [7, 11) is -1.54. The first-order chi connectivity index (χ1) is 15.0. The van der Waals surface area contributed by atoms with Gasteiger partial charge in [-0.1, -0.05) is 6.92 Å². The summed E-state index contributed by atoms with van der Waals surface area (Å²) in [4.78, 5) is 16.0. The number of fused-ring (bicyclic) bond motifs is 1. The quantitative estimate of drug-likeness (QED) is 0.402. The lowest BCUT2D eigenvalue weighted by molar-refractivity contribution is 0.361. The Balaban J connectivity index is 1.90. The summed E-state index contributed by atoms with van der Waals surface area (Å²) in [6.07, 6.45) is 8.13. The van der Waals surface area contributed by atoms with Gasteiger partial charge in [-0.05, 0) is 69.7 Å². The van der Waals surface area contributed by atoms with Crippen LogP contribution in [0.1, 0.15) is 46.5 Å². The fraction of sp³-hybridized carbons (Fsp3) is 0.458. The summed E-state index contributed by atoms with van der Waals surface area (Å²) in [5.41, 5.74) is 3.00. The maximum atomic E-state index is 13.3. The van der Waals surface area contributed by atoms with Crippen molar-refractivity contribution in [2.45, 2.75) is 61.6 Å². The van der Waals surface area contributed by atoms with Crippen LogP contribution < -0.4 is 10.9 Å². The lowest BCUT2D eigenvalue weighted by atomic mass is 9.87. The third kappa shape index (κ3) is 4.08. The third-order valence-corrected chi connectivity index (χ3v) is 9.50. The monoisotopic (exact) mass is 474 g/mol. The van der Waals surface area contributed by atoms with Gasteiger partial charge in [0.1, 0.15) is 9.72 Å². The van der Waals surface area contributed by atoms with Crippen LogP contribution in [0.3, 0.4) is 0 Å². The summed E-state index contributed by atoms with van der Waals surface area (Å²) in [6.45, 7) is 5.51. The van der Waals surface area contributed by atoms with Crippen molar-refractivity contribution in [2.24, 2.45) is 13.0 Å². The standard InChI is InChI=1S/C24H31ClN4O2S/c1-15-5-7-16(8-6-15)28-21-10-9-17(32(26,31)24(2,3)25)13-19(21)20-14-29(4)23(30)22-18(20)11-12-27-22/h9-16,26-28H,5-8H2,1-4H3. The van der Waals surface area contributed by atoms with E-state index < -0.39 is 13.9 Å². The van der Waals surface area contributed by atoms with Gasteiger partial charge in [-0.15, -0.1) is 11.6 Å². The smallest absolute Gasteiger partial charge is 0.274 e. The first-order valence-corrected chi connectivity index (χ1v) is 13.0. The number of pyridine rings is 1. The van der Waals surface area contributed by atoms with Crippen molar-refractivity contribution in [3.63, 3.8) is 0 Å². The second kappa shape index (κ2) is 8.27. The molecule has 0 saturated heterocycles. The van der Waals surface area contributed by atoms with E-state index in [9.17, 15) is 9.00 Å². The van der Waals surface area contributed by atoms with Crippen LogP contribution in [-0.2, 0) is 16.8 Å². The molecule has 0 spiro atoms. The number of alkyl halides is 1. The highest BCUT2D eigenvalue weighted by Crippen LogP contribution is 2.39. The van der Waals surface area contributed by atoms with Crippen LogP contribution in [0.15, 0.2) is 46.3 Å². The second-order valence-electron chi connectivity index (χ2n) is 9.45. The van der Waals surface area contributed by atoms with Crippen LogP contribution >= 0.6 is 11.6 Å². The number of halogens is 1. The van der Waals surface area contributed by atoms with E-state index in [4.69, 9.17) is 16.4 Å². The summed E-state index contributed by atoms with van der Waals surface area (Å²) < 4.78 is 22.2. The molecule has 2 aromatic heterocycles. The molecule has 2 heterocycles. The van der Waals surface area contributed by atoms with Crippen molar-refractivity contribution in [1.29, 1.82) is 4.78 Å². The minimum Gasteiger partial charge on any atom is -0.382 e. The number of anilines is 1. The highest BCUT2D eigenvalue weighted by Gasteiger charge is 2.31. The van der Waals surface area contributed by atoms with Gasteiger partial charge in [0.05, 0.1) is 9.73 Å². The molecule has 0 amide bonds. The Morgan fingerprint density at radius 1 is 1.19 bits per heavy atom. The van der Waals surface area contributed by atoms with E-state index in [1.165, 1.54) is 12.8 Å². The molecule has 0 radical (unpaired) electrons. The van der Waals surface area contributed by atoms with Gasteiger partial charge in [-0.2, -0.15) is 0 Å². The Labute approximate surface area is 194 Å².